The van der Waals surface area contributed by atoms with Gasteiger partial charge in [0.15, 0.2) is 0 Å². The molecule has 0 bridgehead atoms. The number of nitrogens with one attached hydrogen (secondary N) is 1. The van der Waals surface area contributed by atoms with Gasteiger partial charge in [-0.05, 0) is 36.4 Å². The maximum Gasteiger partial charge on any atom is 0.0804 e. The number of ether oxygens (including phenoxy) is 1. The lowest BCUT2D eigenvalue weighted by atomic mass is 9.94. The first-order chi connectivity index (χ1) is 8.93. The third-order valence-electron chi connectivity index (χ3n) is 3.87. The van der Waals surface area contributed by atoms with Crippen LogP contribution in [0.25, 0.3) is 0 Å². The molecular formula is C16H27NOS. The largest absolute Gasteiger partial charge is 0.376 e. The Morgan fingerprint density at radius 2 is 2.16 bits per heavy atom. The van der Waals surface area contributed by atoms with Crippen LogP contribution in [0.5, 0.6) is 0 Å². The van der Waals surface area contributed by atoms with Crippen LogP contribution in [0, 0.1) is 5.92 Å². The summed E-state index contributed by atoms with van der Waals surface area (Å²) in [6.45, 7) is 13.2. The Balaban J connectivity index is 2.21. The summed E-state index contributed by atoms with van der Waals surface area (Å²) in [6, 6.07) is 4.92. The highest BCUT2D eigenvalue weighted by Gasteiger charge is 2.33. The van der Waals surface area contributed by atoms with Crippen LogP contribution in [0.1, 0.15) is 56.8 Å². The lowest BCUT2D eigenvalue weighted by Gasteiger charge is -2.26. The number of likely N-dealkylation sites (N-methyl/N-ethyl adjacent to an activating group) is 1. The zero-order valence-electron chi connectivity index (χ0n) is 12.8. The van der Waals surface area contributed by atoms with E-state index in [1.807, 2.05) is 11.3 Å². The Labute approximate surface area is 121 Å². The normalized spacial score (nSPS) is 25.7. The fraction of sp³-hybridized carbons (Fsp3) is 0.750. The highest BCUT2D eigenvalue weighted by molar-refractivity contribution is 7.12. The molecule has 3 unspecified atom stereocenters. The SMILES string of the molecule is CCNC(c1ccc(C(C)(C)C)s1)C1OCCC1C. The highest BCUT2D eigenvalue weighted by Crippen LogP contribution is 2.37. The summed E-state index contributed by atoms with van der Waals surface area (Å²) in [5.41, 5.74) is 0.238. The standard InChI is InChI=1S/C16H27NOS/c1-6-17-14(15-11(2)9-10-18-15)12-7-8-13(19-12)16(3,4)5/h7-8,11,14-15,17H,6,9-10H2,1-5H3. The van der Waals surface area contributed by atoms with Crippen molar-refractivity contribution in [3.63, 3.8) is 0 Å². The molecule has 3 heteroatoms. The van der Waals surface area contributed by atoms with Crippen LogP contribution in [0.15, 0.2) is 12.1 Å². The minimum atomic E-state index is 0.238. The van der Waals surface area contributed by atoms with Crippen molar-refractivity contribution >= 4 is 11.3 Å². The minimum absolute atomic E-state index is 0.238. The average molecular weight is 281 g/mol. The predicted molar refractivity (Wildman–Crippen MR) is 83.0 cm³/mol. The van der Waals surface area contributed by atoms with Gasteiger partial charge in [0.05, 0.1) is 12.1 Å². The summed E-state index contributed by atoms with van der Waals surface area (Å²) in [7, 11) is 0. The average Bonchev–Trinajstić information content (AvgIpc) is 2.94. The van der Waals surface area contributed by atoms with E-state index in [0.29, 0.717) is 18.1 Å². The Hall–Kier alpha value is -0.380. The van der Waals surface area contributed by atoms with Gasteiger partial charge in [-0.1, -0.05) is 34.6 Å². The second-order valence-electron chi connectivity index (χ2n) is 6.59. The van der Waals surface area contributed by atoms with E-state index in [9.17, 15) is 0 Å². The second kappa shape index (κ2) is 5.94. The topological polar surface area (TPSA) is 21.3 Å². The first kappa shape index (κ1) is 15.0. The van der Waals surface area contributed by atoms with Crippen LogP contribution >= 0.6 is 11.3 Å². The van der Waals surface area contributed by atoms with Gasteiger partial charge in [-0.2, -0.15) is 0 Å². The number of hydrogen-bond donors (Lipinski definition) is 1. The fourth-order valence-corrected chi connectivity index (χ4v) is 3.84. The molecule has 2 rings (SSSR count). The van der Waals surface area contributed by atoms with Crippen molar-refractivity contribution in [3.05, 3.63) is 21.9 Å². The molecule has 0 aliphatic carbocycles. The van der Waals surface area contributed by atoms with Crippen LogP contribution in [0.4, 0.5) is 0 Å². The van der Waals surface area contributed by atoms with Crippen LogP contribution < -0.4 is 5.32 Å². The van der Waals surface area contributed by atoms with E-state index in [-0.39, 0.29) is 5.41 Å². The van der Waals surface area contributed by atoms with Crippen molar-refractivity contribution in [1.82, 2.24) is 5.32 Å². The first-order valence-electron chi connectivity index (χ1n) is 7.38. The third-order valence-corrected chi connectivity index (χ3v) is 5.46. The summed E-state index contributed by atoms with van der Waals surface area (Å²) in [4.78, 5) is 2.88. The molecule has 108 valence electrons. The predicted octanol–water partition coefficient (Wildman–Crippen LogP) is 4.12. The molecule has 1 aliphatic heterocycles. The molecule has 0 saturated carbocycles. The maximum atomic E-state index is 5.97. The highest BCUT2D eigenvalue weighted by atomic mass is 32.1. The Morgan fingerprint density at radius 3 is 2.63 bits per heavy atom. The second-order valence-corrected chi connectivity index (χ2v) is 7.70. The molecule has 1 aromatic heterocycles. The molecule has 1 aromatic rings. The molecule has 1 N–H and O–H groups in total. The Kier molecular flexibility index (Phi) is 4.70. The van der Waals surface area contributed by atoms with Crippen molar-refractivity contribution in [2.24, 2.45) is 5.92 Å². The summed E-state index contributed by atoms with van der Waals surface area (Å²) in [5, 5.41) is 3.62. The van der Waals surface area contributed by atoms with Crippen LogP contribution in [-0.4, -0.2) is 19.3 Å². The van der Waals surface area contributed by atoms with Crippen molar-refractivity contribution in [2.75, 3.05) is 13.2 Å². The van der Waals surface area contributed by atoms with E-state index in [1.54, 1.807) is 0 Å². The Bertz CT molecular complexity index is 407. The van der Waals surface area contributed by atoms with Gasteiger partial charge in [-0.15, -0.1) is 11.3 Å². The van der Waals surface area contributed by atoms with Crippen LogP contribution in [0.2, 0.25) is 0 Å². The van der Waals surface area contributed by atoms with Crippen molar-refractivity contribution < 1.29 is 4.74 Å². The van der Waals surface area contributed by atoms with Crippen LogP contribution in [-0.2, 0) is 10.2 Å². The molecule has 19 heavy (non-hydrogen) atoms. The van der Waals surface area contributed by atoms with Gasteiger partial charge in [0.2, 0.25) is 0 Å². The molecule has 1 aliphatic rings. The van der Waals surface area contributed by atoms with Crippen molar-refractivity contribution in [1.29, 1.82) is 0 Å². The van der Waals surface area contributed by atoms with Gasteiger partial charge in [0, 0.05) is 16.4 Å². The summed E-state index contributed by atoms with van der Waals surface area (Å²) >= 11 is 1.93. The smallest absolute Gasteiger partial charge is 0.0804 e. The molecule has 2 heterocycles. The van der Waals surface area contributed by atoms with Gasteiger partial charge in [-0.25, -0.2) is 0 Å². The molecule has 3 atom stereocenters. The zero-order chi connectivity index (χ0) is 14.0. The molecule has 1 saturated heterocycles. The summed E-state index contributed by atoms with van der Waals surface area (Å²) in [6.07, 6.45) is 1.51. The third kappa shape index (κ3) is 3.39. The monoisotopic (exact) mass is 281 g/mol. The molecule has 2 nitrogen and oxygen atoms in total. The minimum Gasteiger partial charge on any atom is -0.376 e. The Morgan fingerprint density at radius 1 is 1.42 bits per heavy atom. The molecule has 0 amide bonds. The van der Waals surface area contributed by atoms with E-state index in [4.69, 9.17) is 4.74 Å². The van der Waals surface area contributed by atoms with Gasteiger partial charge < -0.3 is 10.1 Å². The van der Waals surface area contributed by atoms with E-state index < -0.39 is 0 Å². The van der Waals surface area contributed by atoms with Gasteiger partial charge in [0.25, 0.3) is 0 Å². The molecule has 0 spiro atoms. The lowest BCUT2D eigenvalue weighted by Crippen LogP contribution is -2.34. The van der Waals surface area contributed by atoms with Gasteiger partial charge in [-0.3, -0.25) is 0 Å². The molecule has 0 radical (unpaired) electrons. The van der Waals surface area contributed by atoms with E-state index in [2.05, 4.69) is 52.1 Å². The molecular weight excluding hydrogens is 254 g/mol. The van der Waals surface area contributed by atoms with E-state index >= 15 is 0 Å². The quantitative estimate of drug-likeness (QED) is 0.896. The number of thiophene rings is 1. The van der Waals surface area contributed by atoms with Crippen LogP contribution in [0.3, 0.4) is 0 Å². The van der Waals surface area contributed by atoms with Crippen molar-refractivity contribution in [3.8, 4) is 0 Å². The zero-order valence-corrected chi connectivity index (χ0v) is 13.6. The van der Waals surface area contributed by atoms with Gasteiger partial charge in [0.1, 0.15) is 0 Å². The number of rotatable bonds is 4. The summed E-state index contributed by atoms with van der Waals surface area (Å²) in [5.74, 6) is 0.643. The van der Waals surface area contributed by atoms with Crippen molar-refractivity contribution in [2.45, 2.75) is 58.6 Å². The lowest BCUT2D eigenvalue weighted by molar-refractivity contribution is 0.0622. The summed E-state index contributed by atoms with van der Waals surface area (Å²) < 4.78 is 5.97. The first-order valence-corrected chi connectivity index (χ1v) is 8.20. The maximum absolute atomic E-state index is 5.97. The molecule has 1 fully saturated rings. The van der Waals surface area contributed by atoms with E-state index in [0.717, 1.165) is 13.2 Å². The molecule has 0 aromatic carbocycles. The number of hydrogen-bond acceptors (Lipinski definition) is 3. The fourth-order valence-electron chi connectivity index (χ4n) is 2.66. The van der Waals surface area contributed by atoms with Gasteiger partial charge >= 0.3 is 0 Å². The van der Waals surface area contributed by atoms with E-state index in [1.165, 1.54) is 16.2 Å².